The molecule has 4 nitrogen and oxygen atoms in total. The van der Waals surface area contributed by atoms with Gasteiger partial charge in [0.2, 0.25) is 0 Å². The number of para-hydroxylation sites is 4. The van der Waals surface area contributed by atoms with E-state index >= 15 is 0 Å². The first-order valence-corrected chi connectivity index (χ1v) is 17.0. The summed E-state index contributed by atoms with van der Waals surface area (Å²) in [7, 11) is 0. The van der Waals surface area contributed by atoms with E-state index in [9.17, 15) is 0 Å². The summed E-state index contributed by atoms with van der Waals surface area (Å²) in [6.07, 6.45) is 0. The van der Waals surface area contributed by atoms with Crippen molar-refractivity contribution in [2.75, 3.05) is 0 Å². The van der Waals surface area contributed by atoms with Gasteiger partial charge in [-0.2, -0.15) is 0 Å². The van der Waals surface area contributed by atoms with Crippen molar-refractivity contribution in [2.24, 2.45) is 0 Å². The summed E-state index contributed by atoms with van der Waals surface area (Å²) in [5, 5.41) is 9.62. The second kappa shape index (κ2) is 10.4. The molecule has 0 atom stereocenters. The second-order valence-electron chi connectivity index (χ2n) is 13.1. The maximum Gasteiger partial charge on any atom is 0.165 e. The van der Waals surface area contributed by atoms with Crippen LogP contribution in [0.1, 0.15) is 0 Å². The van der Waals surface area contributed by atoms with Gasteiger partial charge in [-0.05, 0) is 82.2 Å². The molecule has 11 rings (SSSR count). The Kier molecular flexibility index (Phi) is 5.63. The molecular weight excluding hydrogens is 609 g/mol. The molecule has 50 heavy (non-hydrogen) atoms. The summed E-state index contributed by atoms with van der Waals surface area (Å²) in [4.78, 5) is 10.8. The monoisotopic (exact) mass is 636 g/mol. The van der Waals surface area contributed by atoms with Crippen molar-refractivity contribution in [2.45, 2.75) is 0 Å². The van der Waals surface area contributed by atoms with Crippen LogP contribution in [0, 0.1) is 0 Å². The first-order valence-electron chi connectivity index (χ1n) is 17.0. The van der Waals surface area contributed by atoms with E-state index < -0.39 is 0 Å². The van der Waals surface area contributed by atoms with Crippen LogP contribution in [0.15, 0.2) is 170 Å². The van der Waals surface area contributed by atoms with Crippen molar-refractivity contribution in [3.63, 3.8) is 0 Å². The lowest BCUT2D eigenvalue weighted by molar-refractivity contribution is 1.08. The van der Waals surface area contributed by atoms with E-state index in [-0.39, 0.29) is 0 Å². The molecule has 0 amide bonds. The summed E-state index contributed by atoms with van der Waals surface area (Å²) >= 11 is 0. The van der Waals surface area contributed by atoms with Crippen LogP contribution in [0.5, 0.6) is 0 Å². The molecule has 0 fully saturated rings. The predicted molar refractivity (Wildman–Crippen MR) is 209 cm³/mol. The lowest BCUT2D eigenvalue weighted by Gasteiger charge is -2.15. The third kappa shape index (κ3) is 3.93. The largest absolute Gasteiger partial charge is 0.309 e. The molecule has 11 aromatic rings. The number of fused-ring (bicyclic) bond motifs is 9. The Morgan fingerprint density at radius 3 is 1.74 bits per heavy atom. The Bertz CT molecular complexity index is 3150. The zero-order valence-electron chi connectivity index (χ0n) is 27.0. The highest BCUT2D eigenvalue weighted by atomic mass is 15.1. The van der Waals surface area contributed by atoms with Crippen LogP contribution in [0.3, 0.4) is 0 Å². The van der Waals surface area contributed by atoms with E-state index in [4.69, 9.17) is 9.97 Å². The van der Waals surface area contributed by atoms with E-state index in [1.807, 2.05) is 12.1 Å². The van der Waals surface area contributed by atoms with E-state index in [1.165, 1.54) is 48.6 Å². The Morgan fingerprint density at radius 2 is 0.920 bits per heavy atom. The van der Waals surface area contributed by atoms with E-state index in [0.29, 0.717) is 0 Å². The smallest absolute Gasteiger partial charge is 0.165 e. The van der Waals surface area contributed by atoms with Crippen LogP contribution < -0.4 is 0 Å². The minimum absolute atomic E-state index is 0.816. The molecule has 3 aromatic heterocycles. The molecule has 3 heterocycles. The molecule has 0 spiro atoms. The number of aromatic nitrogens is 4. The van der Waals surface area contributed by atoms with Gasteiger partial charge >= 0.3 is 0 Å². The van der Waals surface area contributed by atoms with Crippen molar-refractivity contribution < 1.29 is 0 Å². The van der Waals surface area contributed by atoms with Crippen LogP contribution in [-0.2, 0) is 0 Å². The topological polar surface area (TPSA) is 35.6 Å². The number of hydrogen-bond donors (Lipinski definition) is 0. The van der Waals surface area contributed by atoms with Crippen LogP contribution in [0.4, 0.5) is 0 Å². The number of hydrogen-bond acceptors (Lipinski definition) is 2. The predicted octanol–water partition coefficient (Wildman–Crippen LogP) is 11.8. The zero-order valence-corrected chi connectivity index (χ0v) is 27.0. The van der Waals surface area contributed by atoms with Gasteiger partial charge in [-0.3, -0.25) is 4.57 Å². The zero-order chi connectivity index (χ0) is 32.8. The van der Waals surface area contributed by atoms with Gasteiger partial charge in [0.05, 0.1) is 33.1 Å². The van der Waals surface area contributed by atoms with Crippen molar-refractivity contribution in [3.05, 3.63) is 170 Å². The Labute approximate surface area is 287 Å². The molecule has 0 saturated carbocycles. The average Bonchev–Trinajstić information content (AvgIpc) is 3.67. The Hall–Kier alpha value is -6.78. The quantitative estimate of drug-likeness (QED) is 0.193. The highest BCUT2D eigenvalue weighted by molar-refractivity contribution is 6.21. The lowest BCUT2D eigenvalue weighted by Crippen LogP contribution is -2.04. The molecular formula is C46H28N4. The Balaban J connectivity index is 1.33. The van der Waals surface area contributed by atoms with E-state index in [0.717, 1.165) is 50.3 Å². The van der Waals surface area contributed by atoms with Crippen LogP contribution in [0.2, 0.25) is 0 Å². The highest BCUT2D eigenvalue weighted by Crippen LogP contribution is 2.42. The minimum atomic E-state index is 0.816. The summed E-state index contributed by atoms with van der Waals surface area (Å²) < 4.78 is 4.74. The molecule has 0 aliphatic rings. The normalized spacial score (nSPS) is 12.0. The van der Waals surface area contributed by atoms with Crippen LogP contribution in [-0.4, -0.2) is 19.1 Å². The van der Waals surface area contributed by atoms with Crippen molar-refractivity contribution in [1.29, 1.82) is 0 Å². The molecule has 0 saturated heterocycles. The Morgan fingerprint density at radius 1 is 0.340 bits per heavy atom. The molecule has 232 valence electrons. The van der Waals surface area contributed by atoms with Gasteiger partial charge in [-0.15, -0.1) is 0 Å². The van der Waals surface area contributed by atoms with Gasteiger partial charge in [-0.1, -0.05) is 109 Å². The summed E-state index contributed by atoms with van der Waals surface area (Å²) in [5.74, 6) is 0.816. The van der Waals surface area contributed by atoms with Crippen molar-refractivity contribution in [3.8, 4) is 22.8 Å². The van der Waals surface area contributed by atoms with E-state index in [1.54, 1.807) is 0 Å². The van der Waals surface area contributed by atoms with Gasteiger partial charge < -0.3 is 4.57 Å². The minimum Gasteiger partial charge on any atom is -0.309 e. The summed E-state index contributed by atoms with van der Waals surface area (Å²) in [6.45, 7) is 0. The maximum atomic E-state index is 5.45. The fraction of sp³-hybridized carbons (Fsp3) is 0. The summed E-state index contributed by atoms with van der Waals surface area (Å²) in [5.41, 5.74) is 9.29. The molecule has 0 aliphatic carbocycles. The second-order valence-corrected chi connectivity index (χ2v) is 13.1. The van der Waals surface area contributed by atoms with Gasteiger partial charge in [0.25, 0.3) is 0 Å². The van der Waals surface area contributed by atoms with Crippen LogP contribution in [0.25, 0.3) is 99.0 Å². The molecule has 0 aliphatic heterocycles. The van der Waals surface area contributed by atoms with Gasteiger partial charge in [0.15, 0.2) is 5.82 Å². The highest BCUT2D eigenvalue weighted by Gasteiger charge is 2.22. The maximum absolute atomic E-state index is 5.45. The third-order valence-electron chi connectivity index (χ3n) is 10.2. The number of benzene rings is 8. The molecule has 8 aromatic carbocycles. The van der Waals surface area contributed by atoms with Gasteiger partial charge in [0.1, 0.15) is 5.69 Å². The van der Waals surface area contributed by atoms with Crippen molar-refractivity contribution >= 4 is 76.2 Å². The SMILES string of the molecule is c1ccc(-n2c3ccccc3c3cc4c5cc6ccccc6cc5n(-c5nc6ccccc6nc5-c5ccc6ccccc6c5)c4cc32)cc1. The lowest BCUT2D eigenvalue weighted by atomic mass is 10.0. The number of nitrogens with zero attached hydrogens (tertiary/aromatic N) is 4. The summed E-state index contributed by atoms with van der Waals surface area (Å²) in [6, 6.07) is 60.7. The molecule has 4 heteroatoms. The van der Waals surface area contributed by atoms with E-state index in [2.05, 4.69) is 167 Å². The average molecular weight is 637 g/mol. The molecule has 0 radical (unpaired) electrons. The fourth-order valence-electron chi connectivity index (χ4n) is 7.92. The molecule has 0 unspecified atom stereocenters. The molecule has 0 N–H and O–H groups in total. The third-order valence-corrected chi connectivity index (χ3v) is 10.2. The molecule has 0 bridgehead atoms. The van der Waals surface area contributed by atoms with Gasteiger partial charge in [-0.25, -0.2) is 9.97 Å². The number of rotatable bonds is 3. The standard InChI is InChI=1S/C46H28N4/c1-2-16-34(17-3-1)49-41-21-11-8-18-35(41)37-27-38-36-25-31-14-6-7-15-32(31)26-42(36)50(44(38)28-43(37)49)46-45(47-39-19-9-10-20-40(39)48-46)33-23-22-29-12-4-5-13-30(29)24-33/h1-28H. The van der Waals surface area contributed by atoms with Crippen LogP contribution >= 0.6 is 0 Å². The van der Waals surface area contributed by atoms with Gasteiger partial charge in [0, 0.05) is 32.8 Å². The first-order chi connectivity index (χ1) is 24.8. The fourth-order valence-corrected chi connectivity index (χ4v) is 7.92. The first kappa shape index (κ1) is 27.2. The van der Waals surface area contributed by atoms with Crippen molar-refractivity contribution in [1.82, 2.24) is 19.1 Å².